The van der Waals surface area contributed by atoms with Gasteiger partial charge in [-0.1, -0.05) is 44.2 Å². The van der Waals surface area contributed by atoms with Gasteiger partial charge in [0.25, 0.3) is 0 Å². The number of nitriles is 1. The van der Waals surface area contributed by atoms with Gasteiger partial charge in [0.2, 0.25) is 0 Å². The predicted molar refractivity (Wildman–Crippen MR) is 79.0 cm³/mol. The Balaban J connectivity index is 2.17. The highest BCUT2D eigenvalue weighted by Gasteiger charge is 2.13. The molecule has 4 nitrogen and oxygen atoms in total. The van der Waals surface area contributed by atoms with Gasteiger partial charge in [0.05, 0.1) is 6.04 Å². The molecule has 20 heavy (non-hydrogen) atoms. The average Bonchev–Trinajstić information content (AvgIpc) is 2.48. The van der Waals surface area contributed by atoms with E-state index in [0.717, 1.165) is 6.42 Å². The summed E-state index contributed by atoms with van der Waals surface area (Å²) in [6.07, 6.45) is 1.01. The topological polar surface area (TPSA) is 61.6 Å². The van der Waals surface area contributed by atoms with Gasteiger partial charge in [-0.15, -0.1) is 10.2 Å². The van der Waals surface area contributed by atoms with Crippen molar-refractivity contribution in [3.8, 4) is 6.07 Å². The molecule has 2 aromatic rings. The molecule has 0 fully saturated rings. The van der Waals surface area contributed by atoms with Gasteiger partial charge < -0.3 is 5.32 Å². The Labute approximate surface area is 119 Å². The Hall–Kier alpha value is -2.41. The molecule has 0 bridgehead atoms. The summed E-state index contributed by atoms with van der Waals surface area (Å²) in [4.78, 5) is 0. The van der Waals surface area contributed by atoms with E-state index in [1.54, 1.807) is 12.1 Å². The smallest absolute Gasteiger partial charge is 0.163 e. The third kappa shape index (κ3) is 3.79. The lowest BCUT2D eigenvalue weighted by molar-refractivity contribution is 0.529. The van der Waals surface area contributed by atoms with Crippen LogP contribution >= 0.6 is 0 Å². The zero-order chi connectivity index (χ0) is 14.4. The van der Waals surface area contributed by atoms with Crippen molar-refractivity contribution >= 4 is 5.82 Å². The summed E-state index contributed by atoms with van der Waals surface area (Å²) in [7, 11) is 0. The first-order chi connectivity index (χ1) is 9.69. The van der Waals surface area contributed by atoms with Crippen molar-refractivity contribution < 1.29 is 0 Å². The van der Waals surface area contributed by atoms with Crippen LogP contribution in [0.3, 0.4) is 0 Å². The zero-order valence-corrected chi connectivity index (χ0v) is 11.7. The highest BCUT2D eigenvalue weighted by Crippen LogP contribution is 2.24. The molecule has 1 aromatic heterocycles. The third-order valence-corrected chi connectivity index (χ3v) is 3.01. The van der Waals surface area contributed by atoms with Crippen LogP contribution in [0.1, 0.15) is 37.6 Å². The molecule has 102 valence electrons. The van der Waals surface area contributed by atoms with Crippen LogP contribution in [0.15, 0.2) is 42.5 Å². The zero-order valence-electron chi connectivity index (χ0n) is 11.7. The number of nitrogens with zero attached hydrogens (tertiary/aromatic N) is 3. The molecule has 0 saturated carbocycles. The molecule has 4 heteroatoms. The van der Waals surface area contributed by atoms with Crippen molar-refractivity contribution in [1.29, 1.82) is 5.26 Å². The Morgan fingerprint density at radius 2 is 1.85 bits per heavy atom. The van der Waals surface area contributed by atoms with Crippen LogP contribution in [0.4, 0.5) is 5.82 Å². The van der Waals surface area contributed by atoms with E-state index in [1.165, 1.54) is 5.56 Å². The molecule has 0 radical (unpaired) electrons. The number of nitrogens with one attached hydrogen (secondary N) is 1. The summed E-state index contributed by atoms with van der Waals surface area (Å²) >= 11 is 0. The fourth-order valence-corrected chi connectivity index (χ4v) is 2.08. The van der Waals surface area contributed by atoms with E-state index in [2.05, 4.69) is 41.5 Å². The maximum Gasteiger partial charge on any atom is 0.163 e. The van der Waals surface area contributed by atoms with Crippen molar-refractivity contribution in [1.82, 2.24) is 10.2 Å². The number of hydrogen-bond donors (Lipinski definition) is 1. The third-order valence-electron chi connectivity index (χ3n) is 3.01. The summed E-state index contributed by atoms with van der Waals surface area (Å²) in [5, 5.41) is 20.0. The molecule has 1 N–H and O–H groups in total. The summed E-state index contributed by atoms with van der Waals surface area (Å²) in [5.74, 6) is 1.26. The average molecular weight is 266 g/mol. The van der Waals surface area contributed by atoms with E-state index in [4.69, 9.17) is 5.26 Å². The van der Waals surface area contributed by atoms with Gasteiger partial charge in [-0.2, -0.15) is 5.26 Å². The van der Waals surface area contributed by atoms with Gasteiger partial charge in [-0.25, -0.2) is 0 Å². The number of hydrogen-bond acceptors (Lipinski definition) is 4. The molecule has 0 aliphatic rings. The van der Waals surface area contributed by atoms with Crippen molar-refractivity contribution in [2.75, 3.05) is 5.32 Å². The second-order valence-corrected chi connectivity index (χ2v) is 5.15. The Morgan fingerprint density at radius 1 is 1.10 bits per heavy atom. The van der Waals surface area contributed by atoms with Crippen LogP contribution in [0.25, 0.3) is 0 Å². The lowest BCUT2D eigenvalue weighted by Gasteiger charge is -2.21. The molecule has 0 spiro atoms. The molecular formula is C16H18N4. The minimum Gasteiger partial charge on any atom is -0.362 e. The first kappa shape index (κ1) is 14.0. The molecule has 1 atom stereocenters. The lowest BCUT2D eigenvalue weighted by Crippen LogP contribution is -2.14. The van der Waals surface area contributed by atoms with E-state index in [9.17, 15) is 0 Å². The molecular weight excluding hydrogens is 248 g/mol. The minimum atomic E-state index is 0.193. The fourth-order valence-electron chi connectivity index (χ4n) is 2.08. The van der Waals surface area contributed by atoms with Gasteiger partial charge in [0.1, 0.15) is 11.9 Å². The number of aromatic nitrogens is 2. The van der Waals surface area contributed by atoms with Crippen molar-refractivity contribution in [2.24, 2.45) is 5.92 Å². The van der Waals surface area contributed by atoms with Gasteiger partial charge in [0.15, 0.2) is 5.69 Å². The number of anilines is 1. The van der Waals surface area contributed by atoms with Crippen LogP contribution in [0.5, 0.6) is 0 Å². The molecule has 0 saturated heterocycles. The highest BCUT2D eigenvalue weighted by atomic mass is 15.2. The van der Waals surface area contributed by atoms with E-state index < -0.39 is 0 Å². The summed E-state index contributed by atoms with van der Waals surface area (Å²) in [6.45, 7) is 4.39. The van der Waals surface area contributed by atoms with Crippen LogP contribution in [0, 0.1) is 17.2 Å². The fraction of sp³-hybridized carbons (Fsp3) is 0.312. The van der Waals surface area contributed by atoms with Gasteiger partial charge in [0, 0.05) is 0 Å². The molecule has 1 heterocycles. The van der Waals surface area contributed by atoms with E-state index in [1.807, 2.05) is 24.3 Å². The van der Waals surface area contributed by atoms with E-state index >= 15 is 0 Å². The van der Waals surface area contributed by atoms with Crippen LogP contribution in [-0.2, 0) is 0 Å². The Morgan fingerprint density at radius 3 is 2.40 bits per heavy atom. The maximum atomic E-state index is 8.73. The first-order valence-corrected chi connectivity index (χ1v) is 6.74. The van der Waals surface area contributed by atoms with Crippen LogP contribution in [-0.4, -0.2) is 10.2 Å². The Bertz CT molecular complexity index is 570. The maximum absolute atomic E-state index is 8.73. The van der Waals surface area contributed by atoms with Crippen LogP contribution in [0.2, 0.25) is 0 Å². The largest absolute Gasteiger partial charge is 0.362 e. The van der Waals surface area contributed by atoms with E-state index in [0.29, 0.717) is 17.4 Å². The SMILES string of the molecule is CC(C)CC(Nc1ccc(C#N)nn1)c1ccccc1. The summed E-state index contributed by atoms with van der Waals surface area (Å²) in [5.41, 5.74) is 1.56. The summed E-state index contributed by atoms with van der Waals surface area (Å²) < 4.78 is 0. The number of benzene rings is 1. The standard InChI is InChI=1S/C16H18N4/c1-12(2)10-15(13-6-4-3-5-7-13)18-16-9-8-14(11-17)19-20-16/h3-9,12,15H,10H2,1-2H3,(H,18,20). The molecule has 2 rings (SSSR count). The van der Waals surface area contributed by atoms with Gasteiger partial charge in [-0.3, -0.25) is 0 Å². The monoisotopic (exact) mass is 266 g/mol. The molecule has 0 amide bonds. The van der Waals surface area contributed by atoms with Crippen molar-refractivity contribution in [3.05, 3.63) is 53.7 Å². The van der Waals surface area contributed by atoms with E-state index in [-0.39, 0.29) is 6.04 Å². The van der Waals surface area contributed by atoms with Gasteiger partial charge >= 0.3 is 0 Å². The quantitative estimate of drug-likeness (QED) is 0.899. The Kier molecular flexibility index (Phi) is 4.67. The van der Waals surface area contributed by atoms with Crippen LogP contribution < -0.4 is 5.32 Å². The first-order valence-electron chi connectivity index (χ1n) is 6.74. The number of rotatable bonds is 5. The van der Waals surface area contributed by atoms with Gasteiger partial charge in [-0.05, 0) is 30.0 Å². The molecule has 0 aliphatic carbocycles. The molecule has 1 aromatic carbocycles. The van der Waals surface area contributed by atoms with Crippen molar-refractivity contribution in [2.45, 2.75) is 26.3 Å². The lowest BCUT2D eigenvalue weighted by atomic mass is 9.97. The molecule has 0 aliphatic heterocycles. The van der Waals surface area contributed by atoms with Crippen molar-refractivity contribution in [3.63, 3.8) is 0 Å². The normalized spacial score (nSPS) is 11.9. The minimum absolute atomic E-state index is 0.193. The molecule has 1 unspecified atom stereocenters. The highest BCUT2D eigenvalue weighted by molar-refractivity contribution is 5.39. The second kappa shape index (κ2) is 6.67. The predicted octanol–water partition coefficient (Wildman–Crippen LogP) is 3.55. The second-order valence-electron chi connectivity index (χ2n) is 5.15. The summed E-state index contributed by atoms with van der Waals surface area (Å²) in [6, 6.07) is 15.9.